The maximum atomic E-state index is 3.80. The van der Waals surface area contributed by atoms with Crippen LogP contribution < -0.4 is 0 Å². The van der Waals surface area contributed by atoms with Crippen molar-refractivity contribution in [2.45, 2.75) is 26.3 Å². The van der Waals surface area contributed by atoms with Crippen LogP contribution in [0.3, 0.4) is 0 Å². The first-order valence-electron chi connectivity index (χ1n) is 2.96. The molecule has 1 rings (SSSR count). The summed E-state index contributed by atoms with van der Waals surface area (Å²) in [5.41, 5.74) is -0.0532. The van der Waals surface area contributed by atoms with E-state index in [-0.39, 0.29) is 5.54 Å². The van der Waals surface area contributed by atoms with Crippen LogP contribution in [0.25, 0.3) is 0 Å². The molecular weight excluding hydrogens is 196 g/mol. The van der Waals surface area contributed by atoms with Gasteiger partial charge in [0.05, 0.1) is 5.54 Å². The molecule has 0 spiro atoms. The highest BCUT2D eigenvalue weighted by atomic mass is 79.9. The highest BCUT2D eigenvalue weighted by molar-refractivity contribution is 9.10. The van der Waals surface area contributed by atoms with Crippen molar-refractivity contribution < 1.29 is 0 Å². The van der Waals surface area contributed by atoms with Gasteiger partial charge in [0.25, 0.3) is 0 Å². The van der Waals surface area contributed by atoms with Crippen molar-refractivity contribution in [3.05, 3.63) is 4.73 Å². The molecule has 0 saturated carbocycles. The van der Waals surface area contributed by atoms with Gasteiger partial charge in [-0.3, -0.25) is 0 Å². The van der Waals surface area contributed by atoms with Gasteiger partial charge in [-0.2, -0.15) is 0 Å². The summed E-state index contributed by atoms with van der Waals surface area (Å²) in [7, 11) is 0. The minimum atomic E-state index is -0.0532. The minimum Gasteiger partial charge on any atom is -0.215 e. The smallest absolute Gasteiger partial charge is 0.215 e. The number of rotatable bonds is 0. The number of tetrazole rings is 1. The zero-order valence-corrected chi connectivity index (χ0v) is 7.75. The summed E-state index contributed by atoms with van der Waals surface area (Å²) >= 11 is 3.23. The Morgan fingerprint density at radius 2 is 2.00 bits per heavy atom. The van der Waals surface area contributed by atoms with Crippen molar-refractivity contribution in [1.82, 2.24) is 20.2 Å². The van der Waals surface area contributed by atoms with E-state index in [2.05, 4.69) is 31.5 Å². The highest BCUT2D eigenvalue weighted by Crippen LogP contribution is 2.15. The summed E-state index contributed by atoms with van der Waals surface area (Å²) in [6.45, 7) is 6.11. The lowest BCUT2D eigenvalue weighted by atomic mass is 10.1. The summed E-state index contributed by atoms with van der Waals surface area (Å²) in [4.78, 5) is 0. The fourth-order valence-corrected chi connectivity index (χ4v) is 1.26. The number of hydrogen-bond donors (Lipinski definition) is 0. The third kappa shape index (κ3) is 1.34. The molecule has 0 aliphatic carbocycles. The van der Waals surface area contributed by atoms with Gasteiger partial charge in [-0.15, -0.1) is 5.10 Å². The maximum absolute atomic E-state index is 3.80. The normalized spacial score (nSPS) is 12.0. The Balaban J connectivity index is 3.05. The van der Waals surface area contributed by atoms with Gasteiger partial charge < -0.3 is 0 Å². The molecule has 4 nitrogen and oxygen atoms in total. The molecular formula is C5H9BrN4. The molecule has 0 aliphatic rings. The molecule has 0 saturated heterocycles. The first-order valence-corrected chi connectivity index (χ1v) is 3.75. The molecule has 10 heavy (non-hydrogen) atoms. The average Bonchev–Trinajstić information content (AvgIpc) is 2.11. The zero-order chi connectivity index (χ0) is 7.78. The predicted octanol–water partition coefficient (Wildman–Crippen LogP) is 1.19. The third-order valence-electron chi connectivity index (χ3n) is 1.07. The molecule has 1 aromatic heterocycles. The van der Waals surface area contributed by atoms with Crippen molar-refractivity contribution in [1.29, 1.82) is 0 Å². The van der Waals surface area contributed by atoms with Crippen LogP contribution in [0, 0.1) is 0 Å². The Kier molecular flexibility index (Phi) is 1.76. The van der Waals surface area contributed by atoms with E-state index in [1.54, 1.807) is 4.68 Å². The minimum absolute atomic E-state index is 0.0532. The van der Waals surface area contributed by atoms with Crippen LogP contribution >= 0.6 is 15.9 Å². The molecule has 0 atom stereocenters. The summed E-state index contributed by atoms with van der Waals surface area (Å²) in [6.07, 6.45) is 0. The largest absolute Gasteiger partial charge is 0.218 e. The quantitative estimate of drug-likeness (QED) is 0.638. The molecule has 1 aromatic rings. The summed E-state index contributed by atoms with van der Waals surface area (Å²) in [6, 6.07) is 0. The lowest BCUT2D eigenvalue weighted by Gasteiger charge is -2.17. The molecule has 0 radical (unpaired) electrons. The Morgan fingerprint density at radius 3 is 2.20 bits per heavy atom. The lowest BCUT2D eigenvalue weighted by Crippen LogP contribution is -2.23. The zero-order valence-electron chi connectivity index (χ0n) is 6.17. The van der Waals surface area contributed by atoms with Crippen molar-refractivity contribution in [3.8, 4) is 0 Å². The van der Waals surface area contributed by atoms with Gasteiger partial charge in [0, 0.05) is 0 Å². The van der Waals surface area contributed by atoms with Gasteiger partial charge in [0.2, 0.25) is 4.73 Å². The van der Waals surface area contributed by atoms with Gasteiger partial charge in [0.1, 0.15) is 0 Å². The van der Waals surface area contributed by atoms with E-state index in [1.165, 1.54) is 0 Å². The first-order chi connectivity index (χ1) is 4.52. The number of aromatic nitrogens is 4. The number of hydrogen-bond acceptors (Lipinski definition) is 3. The first kappa shape index (κ1) is 7.65. The summed E-state index contributed by atoms with van der Waals surface area (Å²) in [5.74, 6) is 0. The molecule has 0 fully saturated rings. The van der Waals surface area contributed by atoms with Gasteiger partial charge in [-0.05, 0) is 47.1 Å². The highest BCUT2D eigenvalue weighted by Gasteiger charge is 2.17. The second-order valence-corrected chi connectivity index (χ2v) is 3.74. The summed E-state index contributed by atoms with van der Waals surface area (Å²) in [5, 5.41) is 11.0. The Labute approximate surface area is 67.7 Å². The standard InChI is InChI=1S/C5H9BrN4/c1-5(2,3)10-4(6)7-8-9-10/h1-3H3. The molecule has 5 heteroatoms. The van der Waals surface area contributed by atoms with Crippen molar-refractivity contribution in [2.75, 3.05) is 0 Å². The fraction of sp³-hybridized carbons (Fsp3) is 0.800. The van der Waals surface area contributed by atoms with E-state index < -0.39 is 0 Å². The second kappa shape index (κ2) is 2.30. The van der Waals surface area contributed by atoms with Crippen LogP contribution in [0.15, 0.2) is 4.73 Å². The van der Waals surface area contributed by atoms with Gasteiger partial charge in [-0.25, -0.2) is 4.68 Å². The number of nitrogens with zero attached hydrogens (tertiary/aromatic N) is 4. The monoisotopic (exact) mass is 204 g/mol. The van der Waals surface area contributed by atoms with Gasteiger partial charge in [0.15, 0.2) is 0 Å². The maximum Gasteiger partial charge on any atom is 0.218 e. The lowest BCUT2D eigenvalue weighted by molar-refractivity contribution is 0.340. The average molecular weight is 205 g/mol. The molecule has 0 aromatic carbocycles. The fourth-order valence-electron chi connectivity index (χ4n) is 0.587. The van der Waals surface area contributed by atoms with Crippen LogP contribution in [0.5, 0.6) is 0 Å². The van der Waals surface area contributed by atoms with Crippen LogP contribution in [-0.2, 0) is 5.54 Å². The topological polar surface area (TPSA) is 43.6 Å². The van der Waals surface area contributed by atoms with Gasteiger partial charge >= 0.3 is 0 Å². The summed E-state index contributed by atoms with van der Waals surface area (Å²) < 4.78 is 2.38. The Bertz CT molecular complexity index is 224. The van der Waals surface area contributed by atoms with E-state index >= 15 is 0 Å². The molecule has 0 aliphatic heterocycles. The van der Waals surface area contributed by atoms with Crippen LogP contribution in [0.4, 0.5) is 0 Å². The Morgan fingerprint density at radius 1 is 1.40 bits per heavy atom. The number of halogens is 1. The van der Waals surface area contributed by atoms with Crippen molar-refractivity contribution >= 4 is 15.9 Å². The van der Waals surface area contributed by atoms with E-state index in [1.807, 2.05) is 20.8 Å². The van der Waals surface area contributed by atoms with Crippen molar-refractivity contribution in [2.24, 2.45) is 0 Å². The molecule has 0 bridgehead atoms. The van der Waals surface area contributed by atoms with E-state index in [0.717, 1.165) is 0 Å². The Hall–Kier alpha value is -0.450. The molecule has 0 N–H and O–H groups in total. The van der Waals surface area contributed by atoms with E-state index in [9.17, 15) is 0 Å². The van der Waals surface area contributed by atoms with Crippen LogP contribution in [-0.4, -0.2) is 20.2 Å². The van der Waals surface area contributed by atoms with Crippen molar-refractivity contribution in [3.63, 3.8) is 0 Å². The molecule has 0 unspecified atom stereocenters. The van der Waals surface area contributed by atoms with E-state index in [4.69, 9.17) is 0 Å². The second-order valence-electron chi connectivity index (χ2n) is 3.03. The predicted molar refractivity (Wildman–Crippen MR) is 40.5 cm³/mol. The SMILES string of the molecule is CC(C)(C)n1nnnc1Br. The van der Waals surface area contributed by atoms with Crippen LogP contribution in [0.1, 0.15) is 20.8 Å². The molecule has 1 heterocycles. The molecule has 0 amide bonds. The van der Waals surface area contributed by atoms with Gasteiger partial charge in [-0.1, -0.05) is 0 Å². The van der Waals surface area contributed by atoms with Crippen LogP contribution in [0.2, 0.25) is 0 Å². The molecule has 56 valence electrons. The third-order valence-corrected chi connectivity index (χ3v) is 1.56. The van der Waals surface area contributed by atoms with E-state index in [0.29, 0.717) is 4.73 Å².